The molecule has 0 saturated carbocycles. The molecule has 0 aromatic heterocycles. The number of hydrogen-bond donors (Lipinski definition) is 2. The van der Waals surface area contributed by atoms with E-state index in [1.807, 2.05) is 55.5 Å². The second-order valence-electron chi connectivity index (χ2n) is 8.78. The summed E-state index contributed by atoms with van der Waals surface area (Å²) in [5.41, 5.74) is 3.79. The lowest BCUT2D eigenvalue weighted by Gasteiger charge is -2.31. The topological polar surface area (TPSA) is 88.3 Å². The van der Waals surface area contributed by atoms with E-state index >= 15 is 0 Å². The third-order valence-corrected chi connectivity index (χ3v) is 6.74. The SMILES string of the molecule is COc1cc(C2c3c(ccc4cc(O)ccc34)Oc3ccc4cc(O)ccc4c32)cc(C)c1N=O. The fourth-order valence-electron chi connectivity index (χ4n) is 5.23. The molecule has 0 spiro atoms. The van der Waals surface area contributed by atoms with Gasteiger partial charge in [0.05, 0.1) is 7.11 Å². The molecule has 6 heteroatoms. The molecule has 0 atom stereocenters. The summed E-state index contributed by atoms with van der Waals surface area (Å²) >= 11 is 0. The number of aromatic hydroxyl groups is 2. The van der Waals surface area contributed by atoms with Gasteiger partial charge in [0.25, 0.3) is 0 Å². The van der Waals surface area contributed by atoms with Crippen molar-refractivity contribution < 1.29 is 19.7 Å². The molecule has 1 aliphatic rings. The molecule has 6 rings (SSSR count). The molecule has 6 nitrogen and oxygen atoms in total. The van der Waals surface area contributed by atoms with Gasteiger partial charge in [-0.3, -0.25) is 0 Å². The summed E-state index contributed by atoms with van der Waals surface area (Å²) in [5.74, 6) is 1.93. The Kier molecular flexibility index (Phi) is 4.64. The molecule has 0 bridgehead atoms. The van der Waals surface area contributed by atoms with E-state index in [4.69, 9.17) is 9.47 Å². The lowest BCUT2D eigenvalue weighted by atomic mass is 9.78. The van der Waals surface area contributed by atoms with E-state index in [0.29, 0.717) is 22.8 Å². The molecule has 0 fully saturated rings. The maximum Gasteiger partial charge on any atom is 0.152 e. The van der Waals surface area contributed by atoms with Crippen LogP contribution in [0.5, 0.6) is 28.7 Å². The summed E-state index contributed by atoms with van der Waals surface area (Å²) in [6, 6.07) is 22.1. The Hall–Kier alpha value is -4.58. The highest BCUT2D eigenvalue weighted by molar-refractivity contribution is 5.96. The highest BCUT2D eigenvalue weighted by Crippen LogP contribution is 2.53. The molecule has 0 radical (unpaired) electrons. The maximum atomic E-state index is 11.5. The van der Waals surface area contributed by atoms with Crippen LogP contribution in [-0.2, 0) is 0 Å². The number of phenolic OH excluding ortho intramolecular Hbond substituents is 2. The quantitative estimate of drug-likeness (QED) is 0.267. The summed E-state index contributed by atoms with van der Waals surface area (Å²) in [7, 11) is 1.52. The van der Waals surface area contributed by atoms with E-state index in [0.717, 1.165) is 38.2 Å². The highest BCUT2D eigenvalue weighted by Gasteiger charge is 2.33. The number of nitroso groups, excluding NO2 is 1. The molecule has 35 heavy (non-hydrogen) atoms. The van der Waals surface area contributed by atoms with Gasteiger partial charge in [-0.1, -0.05) is 30.3 Å². The molecule has 0 amide bonds. The van der Waals surface area contributed by atoms with Crippen LogP contribution in [0.25, 0.3) is 21.5 Å². The highest BCUT2D eigenvalue weighted by atomic mass is 16.5. The van der Waals surface area contributed by atoms with E-state index < -0.39 is 0 Å². The molecule has 1 aliphatic heterocycles. The Morgan fingerprint density at radius 2 is 1.37 bits per heavy atom. The molecule has 5 aromatic carbocycles. The van der Waals surface area contributed by atoms with Gasteiger partial charge >= 0.3 is 0 Å². The Morgan fingerprint density at radius 1 is 0.800 bits per heavy atom. The monoisotopic (exact) mass is 463 g/mol. The molecule has 0 saturated heterocycles. The predicted octanol–water partition coefficient (Wildman–Crippen LogP) is 7.41. The second kappa shape index (κ2) is 7.74. The van der Waals surface area contributed by atoms with Crippen molar-refractivity contribution in [3.8, 4) is 28.7 Å². The van der Waals surface area contributed by atoms with Crippen LogP contribution in [0.1, 0.15) is 28.2 Å². The number of methoxy groups -OCH3 is 1. The average Bonchev–Trinajstić information content (AvgIpc) is 2.86. The summed E-state index contributed by atoms with van der Waals surface area (Å²) in [4.78, 5) is 11.5. The first-order chi connectivity index (χ1) is 17.0. The standard InChI is InChI=1S/C29H21NO5/c1-15-11-18(14-25(34-2)29(15)30-33)26-27-21-7-5-19(31)12-16(21)3-9-23(27)35-24-10-4-17-13-20(32)6-8-22(17)28(24)26/h3-14,26,31-32H,1-2H3. The van der Waals surface area contributed by atoms with Gasteiger partial charge in [0.1, 0.15) is 28.7 Å². The van der Waals surface area contributed by atoms with Crippen molar-refractivity contribution in [1.29, 1.82) is 0 Å². The van der Waals surface area contributed by atoms with Gasteiger partial charge in [-0.2, -0.15) is 0 Å². The van der Waals surface area contributed by atoms with Gasteiger partial charge in [0.2, 0.25) is 0 Å². The fourth-order valence-corrected chi connectivity index (χ4v) is 5.23. The Balaban J connectivity index is 1.75. The van der Waals surface area contributed by atoms with E-state index in [-0.39, 0.29) is 23.1 Å². The number of rotatable bonds is 3. The van der Waals surface area contributed by atoms with Crippen molar-refractivity contribution in [3.05, 3.63) is 100.0 Å². The average molecular weight is 463 g/mol. The number of nitrogens with zero attached hydrogens (tertiary/aromatic N) is 1. The normalized spacial score (nSPS) is 12.7. The third kappa shape index (κ3) is 3.18. The Labute approximate surface area is 201 Å². The third-order valence-electron chi connectivity index (χ3n) is 6.74. The number of hydrogen-bond acceptors (Lipinski definition) is 6. The Morgan fingerprint density at radius 3 is 1.89 bits per heavy atom. The lowest BCUT2D eigenvalue weighted by Crippen LogP contribution is -2.13. The van der Waals surface area contributed by atoms with Gasteiger partial charge < -0.3 is 19.7 Å². The van der Waals surface area contributed by atoms with Crippen LogP contribution in [-0.4, -0.2) is 17.3 Å². The van der Waals surface area contributed by atoms with Gasteiger partial charge in [0, 0.05) is 17.0 Å². The van der Waals surface area contributed by atoms with E-state index in [9.17, 15) is 15.1 Å². The van der Waals surface area contributed by atoms with Crippen LogP contribution >= 0.6 is 0 Å². The van der Waals surface area contributed by atoms with Crippen LogP contribution < -0.4 is 9.47 Å². The molecule has 0 unspecified atom stereocenters. The summed E-state index contributed by atoms with van der Waals surface area (Å²) in [6.45, 7) is 1.84. The number of ether oxygens (including phenoxy) is 2. The predicted molar refractivity (Wildman–Crippen MR) is 135 cm³/mol. The van der Waals surface area contributed by atoms with Crippen molar-refractivity contribution in [2.24, 2.45) is 5.18 Å². The van der Waals surface area contributed by atoms with Gasteiger partial charge in [0.15, 0.2) is 5.69 Å². The number of aryl methyl sites for hydroxylation is 1. The van der Waals surface area contributed by atoms with Crippen molar-refractivity contribution in [3.63, 3.8) is 0 Å². The lowest BCUT2D eigenvalue weighted by molar-refractivity contribution is 0.414. The summed E-state index contributed by atoms with van der Waals surface area (Å²) in [5, 5.41) is 27.0. The van der Waals surface area contributed by atoms with Crippen LogP contribution in [0.4, 0.5) is 5.69 Å². The minimum atomic E-state index is -0.275. The van der Waals surface area contributed by atoms with Crippen LogP contribution in [0.15, 0.2) is 78.0 Å². The van der Waals surface area contributed by atoms with Gasteiger partial charge in [-0.25, -0.2) is 0 Å². The number of benzene rings is 5. The molecular weight excluding hydrogens is 442 g/mol. The maximum absolute atomic E-state index is 11.5. The largest absolute Gasteiger partial charge is 0.508 e. The smallest absolute Gasteiger partial charge is 0.152 e. The summed E-state index contributed by atoms with van der Waals surface area (Å²) < 4.78 is 12.0. The molecule has 1 heterocycles. The van der Waals surface area contributed by atoms with Gasteiger partial charge in [-0.05, 0) is 87.2 Å². The van der Waals surface area contributed by atoms with E-state index in [2.05, 4.69) is 5.18 Å². The zero-order valence-electron chi connectivity index (χ0n) is 19.1. The van der Waals surface area contributed by atoms with Crippen molar-refractivity contribution >= 4 is 27.2 Å². The first-order valence-corrected chi connectivity index (χ1v) is 11.2. The zero-order valence-corrected chi connectivity index (χ0v) is 19.1. The minimum Gasteiger partial charge on any atom is -0.508 e. The second-order valence-corrected chi connectivity index (χ2v) is 8.78. The van der Waals surface area contributed by atoms with E-state index in [1.54, 1.807) is 24.3 Å². The van der Waals surface area contributed by atoms with Crippen molar-refractivity contribution in [1.82, 2.24) is 0 Å². The minimum absolute atomic E-state index is 0.186. The van der Waals surface area contributed by atoms with Crippen LogP contribution in [0, 0.1) is 11.8 Å². The van der Waals surface area contributed by atoms with Crippen LogP contribution in [0.2, 0.25) is 0 Å². The Bertz CT molecular complexity index is 1580. The fraction of sp³-hybridized carbons (Fsp3) is 0.103. The summed E-state index contributed by atoms with van der Waals surface area (Å²) in [6.07, 6.45) is 0. The zero-order chi connectivity index (χ0) is 24.3. The van der Waals surface area contributed by atoms with Crippen LogP contribution in [0.3, 0.4) is 0 Å². The molecule has 0 aliphatic carbocycles. The molecule has 5 aromatic rings. The molecular formula is C29H21NO5. The first kappa shape index (κ1) is 21.0. The number of fused-ring (bicyclic) bond motifs is 6. The van der Waals surface area contributed by atoms with Crippen molar-refractivity contribution in [2.75, 3.05) is 7.11 Å². The van der Waals surface area contributed by atoms with E-state index in [1.165, 1.54) is 7.11 Å². The molecule has 2 N–H and O–H groups in total. The number of phenols is 2. The van der Waals surface area contributed by atoms with Gasteiger partial charge in [-0.15, -0.1) is 4.91 Å². The first-order valence-electron chi connectivity index (χ1n) is 11.2. The van der Waals surface area contributed by atoms with Crippen molar-refractivity contribution in [2.45, 2.75) is 12.8 Å². The molecule has 172 valence electrons.